The highest BCUT2D eigenvalue weighted by Crippen LogP contribution is 2.37. The van der Waals surface area contributed by atoms with Gasteiger partial charge in [-0.15, -0.1) is 0 Å². The van der Waals surface area contributed by atoms with E-state index in [1.807, 2.05) is 0 Å². The molecule has 0 aromatic carbocycles. The van der Waals surface area contributed by atoms with Gasteiger partial charge in [-0.3, -0.25) is 4.79 Å². The van der Waals surface area contributed by atoms with Crippen LogP contribution in [0.1, 0.15) is 51.4 Å². The van der Waals surface area contributed by atoms with Gasteiger partial charge in [0, 0.05) is 18.6 Å². The van der Waals surface area contributed by atoms with Crippen LogP contribution in [0, 0.1) is 0 Å². The van der Waals surface area contributed by atoms with Crippen molar-refractivity contribution in [2.75, 3.05) is 7.05 Å². The fourth-order valence-corrected chi connectivity index (χ4v) is 4.41. The molecule has 19 heavy (non-hydrogen) atoms. The van der Waals surface area contributed by atoms with Crippen LogP contribution in [0.15, 0.2) is 0 Å². The van der Waals surface area contributed by atoms with Crippen molar-refractivity contribution >= 4 is 16.2 Å². The average Bonchev–Trinajstić information content (AvgIpc) is 3.11. The second kappa shape index (κ2) is 5.38. The lowest BCUT2D eigenvalue weighted by Crippen LogP contribution is -2.55. The molecule has 0 saturated heterocycles. The molecule has 0 amide bonds. The molecule has 0 heterocycles. The predicted octanol–water partition coefficient (Wildman–Crippen LogP) is 1.09. The van der Waals surface area contributed by atoms with Gasteiger partial charge in [-0.1, -0.05) is 19.3 Å². The standard InChI is InChI=1S/C12H22N2O4S/c1-14(19(17,18)13-10-5-6-10)12(9-11(15)16)7-3-2-4-8-12/h10,13H,2-9H2,1H3,(H,15,16). The van der Waals surface area contributed by atoms with Crippen LogP contribution in [-0.2, 0) is 15.0 Å². The van der Waals surface area contributed by atoms with Gasteiger partial charge in [0.2, 0.25) is 0 Å². The first kappa shape index (κ1) is 14.7. The van der Waals surface area contributed by atoms with Crippen LogP contribution in [0.4, 0.5) is 0 Å². The summed E-state index contributed by atoms with van der Waals surface area (Å²) in [6.07, 6.45) is 5.70. The van der Waals surface area contributed by atoms with Crippen molar-refractivity contribution < 1.29 is 18.3 Å². The Labute approximate surface area is 114 Å². The first-order chi connectivity index (χ1) is 8.86. The fourth-order valence-electron chi connectivity index (χ4n) is 2.84. The third-order valence-electron chi connectivity index (χ3n) is 4.19. The van der Waals surface area contributed by atoms with E-state index in [2.05, 4.69) is 4.72 Å². The van der Waals surface area contributed by atoms with Crippen molar-refractivity contribution in [3.63, 3.8) is 0 Å². The number of hydrogen-bond donors (Lipinski definition) is 2. The van der Waals surface area contributed by atoms with Crippen LogP contribution < -0.4 is 4.72 Å². The molecule has 0 unspecified atom stereocenters. The average molecular weight is 290 g/mol. The zero-order valence-electron chi connectivity index (χ0n) is 11.3. The molecule has 7 heteroatoms. The molecule has 2 aliphatic rings. The Kier molecular flexibility index (Phi) is 4.17. The third kappa shape index (κ3) is 3.46. The second-order valence-electron chi connectivity index (χ2n) is 5.72. The number of carboxylic acid groups (broad SMARTS) is 1. The van der Waals surface area contributed by atoms with Crippen LogP contribution in [0.5, 0.6) is 0 Å². The van der Waals surface area contributed by atoms with Gasteiger partial charge in [-0.25, -0.2) is 0 Å². The van der Waals surface area contributed by atoms with E-state index in [-0.39, 0.29) is 12.5 Å². The molecule has 2 rings (SSSR count). The Morgan fingerprint density at radius 1 is 1.32 bits per heavy atom. The molecule has 0 aromatic heterocycles. The van der Waals surface area contributed by atoms with Crippen molar-refractivity contribution in [2.24, 2.45) is 0 Å². The Hall–Kier alpha value is -0.660. The summed E-state index contributed by atoms with van der Waals surface area (Å²) in [5.41, 5.74) is -0.759. The van der Waals surface area contributed by atoms with Crippen LogP contribution in [0.25, 0.3) is 0 Å². The molecule has 0 aliphatic heterocycles. The van der Waals surface area contributed by atoms with Gasteiger partial charge in [0.1, 0.15) is 0 Å². The molecule has 2 fully saturated rings. The molecule has 2 N–H and O–H groups in total. The molecule has 0 atom stereocenters. The number of nitrogens with one attached hydrogen (secondary N) is 1. The maximum Gasteiger partial charge on any atom is 0.305 e. The van der Waals surface area contributed by atoms with E-state index in [1.54, 1.807) is 0 Å². The highest BCUT2D eigenvalue weighted by molar-refractivity contribution is 7.87. The quantitative estimate of drug-likeness (QED) is 0.766. The first-order valence-corrected chi connectivity index (χ1v) is 8.28. The molecule has 0 bridgehead atoms. The number of nitrogens with zero attached hydrogens (tertiary/aromatic N) is 1. The van der Waals surface area contributed by atoms with Gasteiger partial charge in [-0.05, 0) is 25.7 Å². The summed E-state index contributed by atoms with van der Waals surface area (Å²) in [4.78, 5) is 11.1. The Bertz CT molecular complexity index is 439. The van der Waals surface area contributed by atoms with Crippen molar-refractivity contribution in [1.29, 1.82) is 0 Å². The van der Waals surface area contributed by atoms with Crippen LogP contribution in [0.2, 0.25) is 0 Å². The number of aliphatic carboxylic acids is 1. The van der Waals surface area contributed by atoms with Crippen LogP contribution in [-0.4, -0.2) is 42.4 Å². The van der Waals surface area contributed by atoms with E-state index in [9.17, 15) is 13.2 Å². The van der Waals surface area contributed by atoms with E-state index in [0.29, 0.717) is 12.8 Å². The van der Waals surface area contributed by atoms with Gasteiger partial charge in [0.15, 0.2) is 0 Å². The topological polar surface area (TPSA) is 86.7 Å². The van der Waals surface area contributed by atoms with Gasteiger partial charge in [0.05, 0.1) is 6.42 Å². The normalized spacial score (nSPS) is 23.5. The summed E-state index contributed by atoms with van der Waals surface area (Å²) in [6.45, 7) is 0. The minimum Gasteiger partial charge on any atom is -0.481 e. The number of carbonyl (C=O) groups is 1. The van der Waals surface area contributed by atoms with Gasteiger partial charge < -0.3 is 5.11 Å². The SMILES string of the molecule is CN(C1(CC(=O)O)CCCCC1)S(=O)(=O)NC1CC1. The Morgan fingerprint density at radius 2 is 1.89 bits per heavy atom. The highest BCUT2D eigenvalue weighted by atomic mass is 32.2. The largest absolute Gasteiger partial charge is 0.481 e. The molecule has 110 valence electrons. The maximum atomic E-state index is 12.3. The summed E-state index contributed by atoms with van der Waals surface area (Å²) < 4.78 is 28.5. The van der Waals surface area contributed by atoms with Crippen molar-refractivity contribution in [1.82, 2.24) is 9.03 Å². The summed E-state index contributed by atoms with van der Waals surface area (Å²) in [6, 6.07) is 0.0397. The number of carboxylic acids is 1. The first-order valence-electron chi connectivity index (χ1n) is 6.84. The summed E-state index contributed by atoms with van der Waals surface area (Å²) in [5, 5.41) is 9.10. The molecule has 0 spiro atoms. The lowest BCUT2D eigenvalue weighted by molar-refractivity contribution is -0.140. The predicted molar refractivity (Wildman–Crippen MR) is 70.9 cm³/mol. The minimum absolute atomic E-state index is 0.0397. The van der Waals surface area contributed by atoms with E-state index in [1.165, 1.54) is 11.4 Å². The van der Waals surface area contributed by atoms with E-state index in [4.69, 9.17) is 5.11 Å². The molecule has 0 aromatic rings. The summed E-state index contributed by atoms with van der Waals surface area (Å²) in [5.74, 6) is -0.935. The second-order valence-corrected chi connectivity index (χ2v) is 7.45. The fraction of sp³-hybridized carbons (Fsp3) is 0.917. The minimum atomic E-state index is -3.58. The van der Waals surface area contributed by atoms with Crippen LogP contribution in [0.3, 0.4) is 0 Å². The number of rotatable bonds is 6. The van der Waals surface area contributed by atoms with Gasteiger partial charge in [0.25, 0.3) is 10.2 Å². The molecular weight excluding hydrogens is 268 g/mol. The highest BCUT2D eigenvalue weighted by Gasteiger charge is 2.44. The lowest BCUT2D eigenvalue weighted by atomic mass is 9.79. The summed E-state index contributed by atoms with van der Waals surface area (Å²) >= 11 is 0. The zero-order chi connectivity index (χ0) is 14.1. The smallest absolute Gasteiger partial charge is 0.305 e. The zero-order valence-corrected chi connectivity index (χ0v) is 12.1. The van der Waals surface area contributed by atoms with E-state index in [0.717, 1.165) is 32.1 Å². The lowest BCUT2D eigenvalue weighted by Gasteiger charge is -2.42. The maximum absolute atomic E-state index is 12.3. The van der Waals surface area contributed by atoms with Crippen molar-refractivity contribution in [3.8, 4) is 0 Å². The number of hydrogen-bond acceptors (Lipinski definition) is 3. The Morgan fingerprint density at radius 3 is 2.37 bits per heavy atom. The van der Waals surface area contributed by atoms with Crippen molar-refractivity contribution in [3.05, 3.63) is 0 Å². The summed E-state index contributed by atoms with van der Waals surface area (Å²) in [7, 11) is -2.07. The molecule has 2 saturated carbocycles. The van der Waals surface area contributed by atoms with Gasteiger partial charge >= 0.3 is 5.97 Å². The van der Waals surface area contributed by atoms with Gasteiger partial charge in [-0.2, -0.15) is 17.4 Å². The van der Waals surface area contributed by atoms with Crippen molar-refractivity contribution in [2.45, 2.75) is 62.9 Å². The third-order valence-corrected chi connectivity index (χ3v) is 5.93. The monoisotopic (exact) mass is 290 g/mol. The Balaban J connectivity index is 2.18. The molecule has 0 radical (unpaired) electrons. The molecular formula is C12H22N2O4S. The van der Waals surface area contributed by atoms with E-state index >= 15 is 0 Å². The van der Waals surface area contributed by atoms with E-state index < -0.39 is 21.7 Å². The molecule has 2 aliphatic carbocycles. The molecule has 6 nitrogen and oxygen atoms in total. The van der Waals surface area contributed by atoms with Crippen LogP contribution >= 0.6 is 0 Å².